The van der Waals surface area contributed by atoms with Crippen molar-refractivity contribution < 1.29 is 4.79 Å². The third-order valence-electron chi connectivity index (χ3n) is 5.27. The number of nitrogens with one attached hydrogen (secondary N) is 1. The van der Waals surface area contributed by atoms with Crippen LogP contribution in [0.3, 0.4) is 0 Å². The highest BCUT2D eigenvalue weighted by atomic mass is 32.2. The molecule has 1 aliphatic carbocycles. The van der Waals surface area contributed by atoms with Gasteiger partial charge in [0, 0.05) is 11.4 Å². The highest BCUT2D eigenvalue weighted by Crippen LogP contribution is 2.34. The maximum Gasteiger partial charge on any atom is 0.267 e. The minimum absolute atomic E-state index is 0.0119. The van der Waals surface area contributed by atoms with E-state index in [4.69, 9.17) is 4.98 Å². The molecule has 0 unspecified atom stereocenters. The molecule has 1 N–H and O–H groups in total. The summed E-state index contributed by atoms with van der Waals surface area (Å²) in [5, 5.41) is 4.17. The number of thioether (sulfide) groups is 1. The zero-order valence-corrected chi connectivity index (χ0v) is 18.4. The number of para-hydroxylation sites is 1. The predicted octanol–water partition coefficient (Wildman–Crippen LogP) is 4.25. The maximum absolute atomic E-state index is 13.7. The molecule has 1 aliphatic rings. The molecule has 0 radical (unpaired) electrons. The zero-order chi connectivity index (χ0) is 20.4. The smallest absolute Gasteiger partial charge is 0.267 e. The van der Waals surface area contributed by atoms with E-state index in [1.54, 1.807) is 15.9 Å². The van der Waals surface area contributed by atoms with Gasteiger partial charge in [-0.15, -0.1) is 11.3 Å². The monoisotopic (exact) mass is 427 g/mol. The first-order chi connectivity index (χ1) is 14.1. The number of amides is 1. The van der Waals surface area contributed by atoms with Crippen LogP contribution in [0.2, 0.25) is 0 Å². The number of nitrogens with zero attached hydrogens (tertiary/aromatic N) is 2. The third kappa shape index (κ3) is 3.98. The summed E-state index contributed by atoms with van der Waals surface area (Å²) in [7, 11) is 0. The molecule has 2 heterocycles. The first-order valence-corrected chi connectivity index (χ1v) is 11.9. The standard InChI is InChI=1S/C22H25N3O2S2/c1-3-23-18(26)13-28-22-24-20-19(15-10-5-4-6-12-17(15)29-20)21(27)25(22)16-11-8-7-9-14(16)2/h7-9,11H,3-6,10,12-13H2,1-2H3,(H,23,26). The number of benzene rings is 1. The number of hydrogen-bond acceptors (Lipinski definition) is 5. The minimum Gasteiger partial charge on any atom is -0.356 e. The van der Waals surface area contributed by atoms with E-state index in [1.165, 1.54) is 35.0 Å². The Morgan fingerprint density at radius 3 is 2.83 bits per heavy atom. The Labute approximate surface area is 178 Å². The molecule has 4 rings (SSSR count). The summed E-state index contributed by atoms with van der Waals surface area (Å²) in [6.07, 6.45) is 5.48. The van der Waals surface area contributed by atoms with Crippen molar-refractivity contribution in [3.05, 3.63) is 50.6 Å². The Balaban J connectivity index is 1.90. The van der Waals surface area contributed by atoms with Crippen LogP contribution in [0.4, 0.5) is 0 Å². The summed E-state index contributed by atoms with van der Waals surface area (Å²) >= 11 is 2.98. The molecule has 0 bridgehead atoms. The fourth-order valence-electron chi connectivity index (χ4n) is 3.86. The number of aromatic nitrogens is 2. The van der Waals surface area contributed by atoms with Gasteiger partial charge < -0.3 is 5.32 Å². The van der Waals surface area contributed by atoms with Crippen LogP contribution in [0, 0.1) is 6.92 Å². The molecular weight excluding hydrogens is 402 g/mol. The quantitative estimate of drug-likeness (QED) is 0.376. The van der Waals surface area contributed by atoms with Gasteiger partial charge in [-0.3, -0.25) is 14.2 Å². The van der Waals surface area contributed by atoms with E-state index in [-0.39, 0.29) is 17.2 Å². The van der Waals surface area contributed by atoms with Crippen molar-refractivity contribution >= 4 is 39.2 Å². The SMILES string of the molecule is CCNC(=O)CSc1nc2sc3c(c2c(=O)n1-c1ccccc1C)CCCCC3. The molecule has 3 aromatic rings. The van der Waals surface area contributed by atoms with E-state index < -0.39 is 0 Å². The van der Waals surface area contributed by atoms with Gasteiger partial charge in [0.05, 0.1) is 16.8 Å². The number of thiophene rings is 1. The summed E-state index contributed by atoms with van der Waals surface area (Å²) in [6.45, 7) is 4.49. The Morgan fingerprint density at radius 2 is 2.03 bits per heavy atom. The third-order valence-corrected chi connectivity index (χ3v) is 7.40. The van der Waals surface area contributed by atoms with Gasteiger partial charge in [0.25, 0.3) is 5.56 Å². The fraction of sp³-hybridized carbons (Fsp3) is 0.409. The van der Waals surface area contributed by atoms with E-state index >= 15 is 0 Å². The van der Waals surface area contributed by atoms with Gasteiger partial charge in [-0.25, -0.2) is 4.98 Å². The highest BCUT2D eigenvalue weighted by Gasteiger charge is 2.23. The largest absolute Gasteiger partial charge is 0.356 e. The summed E-state index contributed by atoms with van der Waals surface area (Å²) in [5.74, 6) is 0.188. The van der Waals surface area contributed by atoms with Gasteiger partial charge in [0.2, 0.25) is 5.91 Å². The molecule has 2 aromatic heterocycles. The summed E-state index contributed by atoms with van der Waals surface area (Å²) in [4.78, 5) is 32.8. The Hall–Kier alpha value is -2.12. The summed E-state index contributed by atoms with van der Waals surface area (Å²) < 4.78 is 1.71. The summed E-state index contributed by atoms with van der Waals surface area (Å²) in [5.41, 5.74) is 3.03. The Bertz CT molecular complexity index is 1120. The van der Waals surface area contributed by atoms with Crippen LogP contribution in [0.25, 0.3) is 15.9 Å². The van der Waals surface area contributed by atoms with Crippen LogP contribution in [-0.2, 0) is 17.6 Å². The molecule has 5 nitrogen and oxygen atoms in total. The Kier molecular flexibility index (Phi) is 6.06. The predicted molar refractivity (Wildman–Crippen MR) is 121 cm³/mol. The second-order valence-electron chi connectivity index (χ2n) is 7.31. The minimum atomic E-state index is -0.0508. The lowest BCUT2D eigenvalue weighted by Gasteiger charge is -2.14. The van der Waals surface area contributed by atoms with Crippen LogP contribution in [0.1, 0.15) is 42.2 Å². The van der Waals surface area contributed by atoms with E-state index in [0.29, 0.717) is 11.7 Å². The second kappa shape index (κ2) is 8.71. The molecule has 0 saturated carbocycles. The molecule has 0 saturated heterocycles. The number of carbonyl (C=O) groups excluding carboxylic acids is 1. The Morgan fingerprint density at radius 1 is 1.24 bits per heavy atom. The topological polar surface area (TPSA) is 64.0 Å². The number of carbonyl (C=O) groups is 1. The molecule has 152 valence electrons. The number of hydrogen-bond donors (Lipinski definition) is 1. The number of rotatable bonds is 5. The lowest BCUT2D eigenvalue weighted by atomic mass is 10.1. The van der Waals surface area contributed by atoms with Crippen molar-refractivity contribution in [1.82, 2.24) is 14.9 Å². The van der Waals surface area contributed by atoms with Gasteiger partial charge in [0.15, 0.2) is 5.16 Å². The van der Waals surface area contributed by atoms with E-state index in [9.17, 15) is 9.59 Å². The van der Waals surface area contributed by atoms with Crippen LogP contribution in [0.15, 0.2) is 34.2 Å². The van der Waals surface area contributed by atoms with Crippen molar-refractivity contribution in [1.29, 1.82) is 0 Å². The van der Waals surface area contributed by atoms with Crippen molar-refractivity contribution in [2.45, 2.75) is 51.1 Å². The highest BCUT2D eigenvalue weighted by molar-refractivity contribution is 7.99. The van der Waals surface area contributed by atoms with Crippen molar-refractivity contribution in [2.75, 3.05) is 12.3 Å². The van der Waals surface area contributed by atoms with Gasteiger partial charge in [0.1, 0.15) is 4.83 Å². The van der Waals surface area contributed by atoms with Gasteiger partial charge in [-0.05, 0) is 56.7 Å². The molecular formula is C22H25N3O2S2. The molecule has 7 heteroatoms. The van der Waals surface area contributed by atoms with Crippen LogP contribution < -0.4 is 10.9 Å². The van der Waals surface area contributed by atoms with Gasteiger partial charge >= 0.3 is 0 Å². The lowest BCUT2D eigenvalue weighted by Crippen LogP contribution is -2.26. The zero-order valence-electron chi connectivity index (χ0n) is 16.8. The van der Waals surface area contributed by atoms with Crippen LogP contribution in [0.5, 0.6) is 0 Å². The normalized spacial score (nSPS) is 13.9. The molecule has 1 amide bonds. The second-order valence-corrected chi connectivity index (χ2v) is 9.33. The average Bonchev–Trinajstić information content (AvgIpc) is 2.89. The number of aryl methyl sites for hydroxylation is 3. The van der Waals surface area contributed by atoms with Crippen molar-refractivity contribution in [2.24, 2.45) is 0 Å². The van der Waals surface area contributed by atoms with Crippen molar-refractivity contribution in [3.8, 4) is 5.69 Å². The molecule has 0 atom stereocenters. The summed E-state index contributed by atoms with van der Waals surface area (Å²) in [6, 6.07) is 7.85. The molecule has 0 fully saturated rings. The maximum atomic E-state index is 13.7. The fourth-order valence-corrected chi connectivity index (χ4v) is 6.00. The molecule has 0 spiro atoms. The molecule has 0 aliphatic heterocycles. The average molecular weight is 428 g/mol. The van der Waals surface area contributed by atoms with Gasteiger partial charge in [-0.1, -0.05) is 36.4 Å². The first-order valence-electron chi connectivity index (χ1n) is 10.1. The van der Waals surface area contributed by atoms with Gasteiger partial charge in [-0.2, -0.15) is 0 Å². The lowest BCUT2D eigenvalue weighted by molar-refractivity contribution is -0.118. The van der Waals surface area contributed by atoms with E-state index in [1.807, 2.05) is 38.1 Å². The van der Waals surface area contributed by atoms with Crippen LogP contribution in [-0.4, -0.2) is 27.8 Å². The van der Waals surface area contributed by atoms with E-state index in [2.05, 4.69) is 5.32 Å². The van der Waals surface area contributed by atoms with E-state index in [0.717, 1.165) is 40.7 Å². The van der Waals surface area contributed by atoms with Crippen LogP contribution >= 0.6 is 23.1 Å². The van der Waals surface area contributed by atoms with Crippen molar-refractivity contribution in [3.63, 3.8) is 0 Å². The number of fused-ring (bicyclic) bond motifs is 3. The molecule has 1 aromatic carbocycles. The molecule has 29 heavy (non-hydrogen) atoms. The first kappa shape index (κ1) is 20.2.